The maximum Gasteiger partial charge on any atom is 0.142 e. The minimum atomic E-state index is 0.672. The van der Waals surface area contributed by atoms with Crippen LogP contribution in [0.1, 0.15) is 0 Å². The minimum absolute atomic E-state index is 0.672. The third kappa shape index (κ3) is 2.70. The molecule has 13 heavy (non-hydrogen) atoms. The monoisotopic (exact) mass is 195 g/mol. The van der Waals surface area contributed by atoms with Gasteiger partial charge < -0.3 is 10.5 Å². The molecule has 0 bridgehead atoms. The summed E-state index contributed by atoms with van der Waals surface area (Å²) in [4.78, 5) is 1.14. The second-order valence-electron chi connectivity index (χ2n) is 2.50. The van der Waals surface area contributed by atoms with Gasteiger partial charge in [-0.1, -0.05) is 6.08 Å². The molecule has 0 amide bonds. The van der Waals surface area contributed by atoms with Crippen molar-refractivity contribution in [2.75, 3.05) is 18.6 Å². The first-order valence-electron chi connectivity index (χ1n) is 3.95. The lowest BCUT2D eigenvalue weighted by Gasteiger charge is -2.05. The highest BCUT2D eigenvalue weighted by molar-refractivity contribution is 7.99. The summed E-state index contributed by atoms with van der Waals surface area (Å²) in [5.74, 6) is 1.63. The number of rotatable bonds is 4. The molecule has 2 nitrogen and oxygen atoms in total. The van der Waals surface area contributed by atoms with Crippen LogP contribution in [0, 0.1) is 0 Å². The van der Waals surface area contributed by atoms with E-state index in [2.05, 4.69) is 6.58 Å². The van der Waals surface area contributed by atoms with Crippen LogP contribution >= 0.6 is 11.8 Å². The highest BCUT2D eigenvalue weighted by atomic mass is 32.2. The lowest BCUT2D eigenvalue weighted by atomic mass is 10.3. The smallest absolute Gasteiger partial charge is 0.142 e. The third-order valence-corrected chi connectivity index (χ3v) is 2.56. The molecular formula is C10H13NOS. The van der Waals surface area contributed by atoms with Gasteiger partial charge in [-0.2, -0.15) is 0 Å². The predicted octanol–water partition coefficient (Wildman–Crippen LogP) is 2.56. The van der Waals surface area contributed by atoms with Crippen LogP contribution in [0.25, 0.3) is 0 Å². The molecule has 0 unspecified atom stereocenters. The van der Waals surface area contributed by atoms with Crippen molar-refractivity contribution in [3.63, 3.8) is 0 Å². The van der Waals surface area contributed by atoms with E-state index >= 15 is 0 Å². The van der Waals surface area contributed by atoms with Gasteiger partial charge in [0.15, 0.2) is 0 Å². The van der Waals surface area contributed by atoms with Crippen LogP contribution in [0.15, 0.2) is 35.7 Å². The maximum atomic E-state index is 5.67. The summed E-state index contributed by atoms with van der Waals surface area (Å²) in [5, 5.41) is 0. The van der Waals surface area contributed by atoms with Crippen LogP contribution in [0.3, 0.4) is 0 Å². The molecule has 0 spiro atoms. The first-order valence-corrected chi connectivity index (χ1v) is 4.93. The zero-order chi connectivity index (χ0) is 9.68. The van der Waals surface area contributed by atoms with E-state index in [1.165, 1.54) is 0 Å². The minimum Gasteiger partial charge on any atom is -0.495 e. The topological polar surface area (TPSA) is 35.2 Å². The fraction of sp³-hybridized carbons (Fsp3) is 0.200. The molecule has 70 valence electrons. The van der Waals surface area contributed by atoms with Crippen LogP contribution < -0.4 is 10.5 Å². The molecule has 0 aliphatic rings. The van der Waals surface area contributed by atoms with Crippen molar-refractivity contribution >= 4 is 17.4 Å². The third-order valence-electron chi connectivity index (χ3n) is 1.57. The summed E-state index contributed by atoms with van der Waals surface area (Å²) >= 11 is 1.71. The van der Waals surface area contributed by atoms with Crippen LogP contribution in [0.2, 0.25) is 0 Å². The van der Waals surface area contributed by atoms with Gasteiger partial charge in [0.05, 0.1) is 12.8 Å². The molecule has 1 aromatic rings. The standard InChI is InChI=1S/C10H13NOS/c1-3-6-13-8-4-5-9(11)10(7-8)12-2/h3-5,7H,1,6,11H2,2H3. The lowest BCUT2D eigenvalue weighted by Crippen LogP contribution is -1.91. The fourth-order valence-electron chi connectivity index (χ4n) is 0.936. The van der Waals surface area contributed by atoms with E-state index < -0.39 is 0 Å². The molecule has 0 aliphatic carbocycles. The number of hydrogen-bond acceptors (Lipinski definition) is 3. The van der Waals surface area contributed by atoms with Crippen molar-refractivity contribution in [2.45, 2.75) is 4.90 Å². The van der Waals surface area contributed by atoms with Crippen LogP contribution in [-0.4, -0.2) is 12.9 Å². The molecule has 0 saturated heterocycles. The lowest BCUT2D eigenvalue weighted by molar-refractivity contribution is 0.416. The summed E-state index contributed by atoms with van der Waals surface area (Å²) in [6, 6.07) is 5.76. The Balaban J connectivity index is 2.79. The molecular weight excluding hydrogens is 182 g/mol. The average Bonchev–Trinajstić information content (AvgIpc) is 2.16. The Kier molecular flexibility index (Phi) is 3.71. The van der Waals surface area contributed by atoms with Crippen molar-refractivity contribution in [1.29, 1.82) is 0 Å². The van der Waals surface area contributed by atoms with Gasteiger partial charge in [0.25, 0.3) is 0 Å². The number of nitrogens with two attached hydrogens (primary N) is 1. The molecule has 0 atom stereocenters. The molecule has 0 fully saturated rings. The van der Waals surface area contributed by atoms with Gasteiger partial charge in [-0.3, -0.25) is 0 Å². The molecule has 0 heterocycles. The second kappa shape index (κ2) is 4.82. The molecule has 0 aromatic heterocycles. The molecule has 0 radical (unpaired) electrons. The highest BCUT2D eigenvalue weighted by Crippen LogP contribution is 2.27. The number of anilines is 1. The van der Waals surface area contributed by atoms with Gasteiger partial charge in [-0.25, -0.2) is 0 Å². The number of nitrogen functional groups attached to an aromatic ring is 1. The summed E-state index contributed by atoms with van der Waals surface area (Å²) in [6.07, 6.45) is 1.87. The van der Waals surface area contributed by atoms with Gasteiger partial charge in [-0.15, -0.1) is 18.3 Å². The summed E-state index contributed by atoms with van der Waals surface area (Å²) < 4.78 is 5.10. The molecule has 1 rings (SSSR count). The van der Waals surface area contributed by atoms with Gasteiger partial charge in [0.2, 0.25) is 0 Å². The zero-order valence-corrected chi connectivity index (χ0v) is 8.43. The van der Waals surface area contributed by atoms with Crippen LogP contribution in [0.5, 0.6) is 5.75 Å². The summed E-state index contributed by atoms with van der Waals surface area (Å²) in [7, 11) is 1.62. The van der Waals surface area contributed by atoms with Crippen molar-refractivity contribution < 1.29 is 4.74 Å². The second-order valence-corrected chi connectivity index (χ2v) is 3.60. The Morgan fingerprint density at radius 1 is 1.62 bits per heavy atom. The van der Waals surface area contributed by atoms with E-state index in [-0.39, 0.29) is 0 Å². The molecule has 0 aliphatic heterocycles. The Morgan fingerprint density at radius 3 is 3.00 bits per heavy atom. The number of ether oxygens (including phenoxy) is 1. The molecule has 0 saturated carbocycles. The Hall–Kier alpha value is -1.09. The number of benzene rings is 1. The first-order chi connectivity index (χ1) is 6.27. The van der Waals surface area contributed by atoms with Crippen molar-refractivity contribution in [2.24, 2.45) is 0 Å². The first kappa shape index (κ1) is 9.99. The molecule has 3 heteroatoms. The van der Waals surface area contributed by atoms with Gasteiger partial charge in [0, 0.05) is 10.6 Å². The van der Waals surface area contributed by atoms with Crippen LogP contribution in [-0.2, 0) is 0 Å². The SMILES string of the molecule is C=CCSc1ccc(N)c(OC)c1. The fourth-order valence-corrected chi connectivity index (χ4v) is 1.60. The Bertz CT molecular complexity index is 299. The van der Waals surface area contributed by atoms with E-state index in [1.54, 1.807) is 18.9 Å². The Morgan fingerprint density at radius 2 is 2.38 bits per heavy atom. The van der Waals surface area contributed by atoms with E-state index in [0.29, 0.717) is 5.69 Å². The van der Waals surface area contributed by atoms with Crippen LogP contribution in [0.4, 0.5) is 5.69 Å². The van der Waals surface area contributed by atoms with E-state index in [9.17, 15) is 0 Å². The largest absolute Gasteiger partial charge is 0.495 e. The van der Waals surface area contributed by atoms with Crippen molar-refractivity contribution in [3.05, 3.63) is 30.9 Å². The van der Waals surface area contributed by atoms with E-state index in [4.69, 9.17) is 10.5 Å². The van der Waals surface area contributed by atoms with Gasteiger partial charge in [0.1, 0.15) is 5.75 Å². The molecule has 2 N–H and O–H groups in total. The van der Waals surface area contributed by atoms with E-state index in [1.807, 2.05) is 24.3 Å². The quantitative estimate of drug-likeness (QED) is 0.455. The number of methoxy groups -OCH3 is 1. The number of hydrogen-bond donors (Lipinski definition) is 1. The predicted molar refractivity (Wildman–Crippen MR) is 58.3 cm³/mol. The molecule has 1 aromatic carbocycles. The van der Waals surface area contributed by atoms with Crippen molar-refractivity contribution in [1.82, 2.24) is 0 Å². The maximum absolute atomic E-state index is 5.67. The summed E-state index contributed by atoms with van der Waals surface area (Å²) in [6.45, 7) is 3.66. The zero-order valence-electron chi connectivity index (χ0n) is 7.62. The van der Waals surface area contributed by atoms with Gasteiger partial charge in [-0.05, 0) is 18.2 Å². The summed E-state index contributed by atoms with van der Waals surface area (Å²) in [5.41, 5.74) is 6.35. The van der Waals surface area contributed by atoms with Crippen molar-refractivity contribution in [3.8, 4) is 5.75 Å². The van der Waals surface area contributed by atoms with Gasteiger partial charge >= 0.3 is 0 Å². The normalized spacial score (nSPS) is 9.62. The average molecular weight is 195 g/mol. The Labute approximate surface area is 82.8 Å². The highest BCUT2D eigenvalue weighted by Gasteiger charge is 2.00. The van der Waals surface area contributed by atoms with E-state index in [0.717, 1.165) is 16.4 Å². The number of thioether (sulfide) groups is 1.